The Morgan fingerprint density at radius 3 is 2.41 bits per heavy atom. The number of likely N-dealkylation sites (N-methyl/N-ethyl adjacent to an activating group) is 1. The largest absolute Gasteiger partial charge is 0.389 e. The standard InChI is InChI=1S/C17H34N2O3/c1-14(2)19-8-4-15(5-9-19)18(3)12-16(20)13-22-17-6-10-21-11-7-17/h14-17,20H,4-13H2,1-3H3. The van der Waals surface area contributed by atoms with Crippen LogP contribution >= 0.6 is 0 Å². The Morgan fingerprint density at radius 1 is 1.18 bits per heavy atom. The zero-order chi connectivity index (χ0) is 15.9. The van der Waals surface area contributed by atoms with E-state index in [1.165, 1.54) is 25.9 Å². The van der Waals surface area contributed by atoms with E-state index in [-0.39, 0.29) is 6.10 Å². The Morgan fingerprint density at radius 2 is 1.82 bits per heavy atom. The molecule has 0 amide bonds. The van der Waals surface area contributed by atoms with Crippen molar-refractivity contribution in [2.45, 2.75) is 63.8 Å². The second-order valence-electron chi connectivity index (χ2n) is 7.10. The third-order valence-corrected chi connectivity index (χ3v) is 5.04. The minimum atomic E-state index is -0.393. The van der Waals surface area contributed by atoms with Gasteiger partial charge in [-0.3, -0.25) is 0 Å². The van der Waals surface area contributed by atoms with Crippen molar-refractivity contribution in [3.8, 4) is 0 Å². The van der Waals surface area contributed by atoms with Crippen molar-refractivity contribution in [2.24, 2.45) is 0 Å². The molecule has 1 N–H and O–H groups in total. The average molecular weight is 314 g/mol. The molecular formula is C17H34N2O3. The van der Waals surface area contributed by atoms with Crippen LogP contribution in [-0.4, -0.2) is 85.7 Å². The number of piperidine rings is 1. The maximum atomic E-state index is 10.2. The highest BCUT2D eigenvalue weighted by Crippen LogP contribution is 2.18. The fraction of sp³-hybridized carbons (Fsp3) is 1.00. The van der Waals surface area contributed by atoms with Crippen LogP contribution < -0.4 is 0 Å². The zero-order valence-corrected chi connectivity index (χ0v) is 14.5. The van der Waals surface area contributed by atoms with Crippen LogP contribution in [-0.2, 0) is 9.47 Å². The molecular weight excluding hydrogens is 280 g/mol. The van der Waals surface area contributed by atoms with Gasteiger partial charge in [0.25, 0.3) is 0 Å². The molecule has 0 spiro atoms. The van der Waals surface area contributed by atoms with Gasteiger partial charge in [-0.05, 0) is 59.7 Å². The third-order valence-electron chi connectivity index (χ3n) is 5.04. The van der Waals surface area contributed by atoms with Gasteiger partial charge in [0.05, 0.1) is 18.8 Å². The highest BCUT2D eigenvalue weighted by molar-refractivity contribution is 4.80. The SMILES string of the molecule is CC(C)N1CCC(N(C)CC(O)COC2CCOCC2)CC1. The first-order valence-corrected chi connectivity index (χ1v) is 8.88. The van der Waals surface area contributed by atoms with Crippen molar-refractivity contribution in [1.82, 2.24) is 9.80 Å². The van der Waals surface area contributed by atoms with Gasteiger partial charge in [0.15, 0.2) is 0 Å². The molecule has 0 aliphatic carbocycles. The van der Waals surface area contributed by atoms with Gasteiger partial charge in [-0.1, -0.05) is 0 Å². The molecule has 0 aromatic rings. The van der Waals surface area contributed by atoms with Crippen LogP contribution in [0.15, 0.2) is 0 Å². The minimum Gasteiger partial charge on any atom is -0.389 e. The highest BCUT2D eigenvalue weighted by atomic mass is 16.5. The van der Waals surface area contributed by atoms with Gasteiger partial charge < -0.3 is 24.4 Å². The maximum absolute atomic E-state index is 10.2. The predicted octanol–water partition coefficient (Wildman–Crippen LogP) is 1.35. The Bertz CT molecular complexity index is 300. The van der Waals surface area contributed by atoms with Gasteiger partial charge in [0, 0.05) is 31.8 Å². The van der Waals surface area contributed by atoms with Crippen LogP contribution in [0.3, 0.4) is 0 Å². The molecule has 0 bridgehead atoms. The van der Waals surface area contributed by atoms with Crippen LogP contribution in [0.4, 0.5) is 0 Å². The molecule has 2 rings (SSSR count). The van der Waals surface area contributed by atoms with Gasteiger partial charge in [0.1, 0.15) is 0 Å². The van der Waals surface area contributed by atoms with E-state index in [4.69, 9.17) is 9.47 Å². The summed E-state index contributed by atoms with van der Waals surface area (Å²) in [7, 11) is 2.13. The fourth-order valence-electron chi connectivity index (χ4n) is 3.47. The summed E-state index contributed by atoms with van der Waals surface area (Å²) >= 11 is 0. The van der Waals surface area contributed by atoms with Crippen molar-refractivity contribution >= 4 is 0 Å². The summed E-state index contributed by atoms with van der Waals surface area (Å²) in [6.07, 6.45) is 4.18. The number of likely N-dealkylation sites (tertiary alicyclic amines) is 1. The summed E-state index contributed by atoms with van der Waals surface area (Å²) in [5.74, 6) is 0. The average Bonchev–Trinajstić information content (AvgIpc) is 2.54. The van der Waals surface area contributed by atoms with Crippen LogP contribution in [0, 0.1) is 0 Å². The van der Waals surface area contributed by atoms with Crippen molar-refractivity contribution in [3.63, 3.8) is 0 Å². The number of hydrogen-bond donors (Lipinski definition) is 1. The molecule has 1 unspecified atom stereocenters. The van der Waals surface area contributed by atoms with E-state index in [2.05, 4.69) is 30.7 Å². The number of nitrogens with zero attached hydrogens (tertiary/aromatic N) is 2. The van der Waals surface area contributed by atoms with E-state index >= 15 is 0 Å². The summed E-state index contributed by atoms with van der Waals surface area (Å²) < 4.78 is 11.1. The van der Waals surface area contributed by atoms with E-state index in [0.29, 0.717) is 25.2 Å². The van der Waals surface area contributed by atoms with Crippen LogP contribution in [0.1, 0.15) is 39.5 Å². The van der Waals surface area contributed by atoms with E-state index in [0.717, 1.165) is 26.1 Å². The summed E-state index contributed by atoms with van der Waals surface area (Å²) in [4.78, 5) is 4.85. The second-order valence-corrected chi connectivity index (χ2v) is 7.10. The van der Waals surface area contributed by atoms with Gasteiger partial charge in [-0.2, -0.15) is 0 Å². The number of hydrogen-bond acceptors (Lipinski definition) is 5. The molecule has 2 aliphatic rings. The topological polar surface area (TPSA) is 45.2 Å². The second kappa shape index (κ2) is 9.18. The first-order chi connectivity index (χ1) is 10.6. The lowest BCUT2D eigenvalue weighted by atomic mass is 10.0. The number of ether oxygens (including phenoxy) is 2. The Balaban J connectivity index is 1.62. The van der Waals surface area contributed by atoms with Crippen molar-refractivity contribution < 1.29 is 14.6 Å². The van der Waals surface area contributed by atoms with Crippen LogP contribution in [0.2, 0.25) is 0 Å². The molecule has 1 atom stereocenters. The normalized spacial score (nSPS) is 24.3. The molecule has 0 aromatic carbocycles. The van der Waals surface area contributed by atoms with E-state index in [1.807, 2.05) is 0 Å². The predicted molar refractivity (Wildman–Crippen MR) is 88.2 cm³/mol. The summed E-state index contributed by atoms with van der Waals surface area (Å²) in [5, 5.41) is 10.2. The lowest BCUT2D eigenvalue weighted by Gasteiger charge is -2.39. The Kier molecular flexibility index (Phi) is 7.57. The first-order valence-electron chi connectivity index (χ1n) is 8.88. The smallest absolute Gasteiger partial charge is 0.0900 e. The molecule has 5 heteroatoms. The van der Waals surface area contributed by atoms with E-state index in [9.17, 15) is 5.11 Å². The van der Waals surface area contributed by atoms with Crippen molar-refractivity contribution in [1.29, 1.82) is 0 Å². The molecule has 22 heavy (non-hydrogen) atoms. The summed E-state index contributed by atoms with van der Waals surface area (Å²) in [5.41, 5.74) is 0. The molecule has 2 fully saturated rings. The molecule has 2 heterocycles. The molecule has 2 aliphatic heterocycles. The third kappa shape index (κ3) is 5.78. The fourth-order valence-corrected chi connectivity index (χ4v) is 3.47. The quantitative estimate of drug-likeness (QED) is 0.768. The summed E-state index contributed by atoms with van der Waals surface area (Å²) in [6, 6.07) is 1.23. The van der Waals surface area contributed by atoms with Crippen LogP contribution in [0.5, 0.6) is 0 Å². The molecule has 130 valence electrons. The van der Waals surface area contributed by atoms with Gasteiger partial charge in [0.2, 0.25) is 0 Å². The van der Waals surface area contributed by atoms with E-state index < -0.39 is 6.10 Å². The number of rotatable bonds is 7. The molecule has 5 nitrogen and oxygen atoms in total. The number of aliphatic hydroxyl groups is 1. The molecule has 0 saturated carbocycles. The zero-order valence-electron chi connectivity index (χ0n) is 14.5. The molecule has 2 saturated heterocycles. The molecule has 0 radical (unpaired) electrons. The summed E-state index contributed by atoms with van der Waals surface area (Å²) in [6.45, 7) is 9.59. The minimum absolute atomic E-state index is 0.267. The van der Waals surface area contributed by atoms with Gasteiger partial charge >= 0.3 is 0 Å². The van der Waals surface area contributed by atoms with Gasteiger partial charge in [-0.25, -0.2) is 0 Å². The van der Waals surface area contributed by atoms with Crippen LogP contribution in [0.25, 0.3) is 0 Å². The lowest BCUT2D eigenvalue weighted by Crippen LogP contribution is -2.47. The Labute approximate surface area is 135 Å². The number of aliphatic hydroxyl groups excluding tert-OH is 1. The van der Waals surface area contributed by atoms with Gasteiger partial charge in [-0.15, -0.1) is 0 Å². The highest BCUT2D eigenvalue weighted by Gasteiger charge is 2.25. The van der Waals surface area contributed by atoms with Crippen molar-refractivity contribution in [2.75, 3.05) is 46.5 Å². The van der Waals surface area contributed by atoms with E-state index in [1.54, 1.807) is 0 Å². The first kappa shape index (κ1) is 18.1. The molecule has 0 aromatic heterocycles. The lowest BCUT2D eigenvalue weighted by molar-refractivity contribution is -0.0657. The Hall–Kier alpha value is -0.200. The monoisotopic (exact) mass is 314 g/mol. The van der Waals surface area contributed by atoms with Crippen molar-refractivity contribution in [3.05, 3.63) is 0 Å². The maximum Gasteiger partial charge on any atom is 0.0900 e.